The Hall–Kier alpha value is -3.49. The van der Waals surface area contributed by atoms with Crippen LogP contribution in [0.25, 0.3) is 0 Å². The van der Waals surface area contributed by atoms with E-state index in [1.165, 1.54) is 35.5 Å². The lowest BCUT2D eigenvalue weighted by Crippen LogP contribution is -2.49. The monoisotopic (exact) mass is 397 g/mol. The van der Waals surface area contributed by atoms with Crippen molar-refractivity contribution < 1.29 is 19.1 Å². The Labute approximate surface area is 166 Å². The zero-order chi connectivity index (χ0) is 20.5. The molecule has 0 unspecified atom stereocenters. The molecule has 9 heteroatoms. The van der Waals surface area contributed by atoms with E-state index in [1.807, 2.05) is 4.90 Å². The van der Waals surface area contributed by atoms with E-state index in [0.717, 1.165) is 0 Å². The maximum Gasteiger partial charge on any atom is 0.277 e. The van der Waals surface area contributed by atoms with Crippen molar-refractivity contribution in [3.8, 4) is 5.75 Å². The minimum absolute atomic E-state index is 0.107. The quantitative estimate of drug-likeness (QED) is 0.787. The number of hydrogen-bond acceptors (Lipinski definition) is 6. The molecule has 1 fully saturated rings. The molecule has 4 rings (SSSR count). The molecular weight excluding hydrogens is 377 g/mol. The Morgan fingerprint density at radius 2 is 1.93 bits per heavy atom. The zero-order valence-electron chi connectivity index (χ0n) is 15.7. The first-order chi connectivity index (χ1) is 14.0. The third-order valence-corrected chi connectivity index (χ3v) is 5.26. The number of carbonyl (C=O) groups is 2. The fourth-order valence-corrected chi connectivity index (χ4v) is 3.80. The molecule has 2 aliphatic heterocycles. The molecule has 8 nitrogen and oxygen atoms in total. The molecule has 150 valence electrons. The van der Waals surface area contributed by atoms with Gasteiger partial charge in [-0.2, -0.15) is 0 Å². The van der Waals surface area contributed by atoms with Crippen molar-refractivity contribution >= 4 is 23.3 Å². The Morgan fingerprint density at radius 3 is 2.62 bits per heavy atom. The summed E-state index contributed by atoms with van der Waals surface area (Å²) in [5.41, 5.74) is 0.765. The van der Waals surface area contributed by atoms with Gasteiger partial charge in [0.25, 0.3) is 5.91 Å². The number of benzene rings is 1. The van der Waals surface area contributed by atoms with Crippen LogP contribution in [-0.2, 0) is 11.2 Å². The number of phenols is 1. The van der Waals surface area contributed by atoms with Gasteiger partial charge in [0.1, 0.15) is 29.3 Å². The van der Waals surface area contributed by atoms with E-state index in [9.17, 15) is 19.1 Å². The van der Waals surface area contributed by atoms with Crippen molar-refractivity contribution in [3.63, 3.8) is 0 Å². The van der Waals surface area contributed by atoms with Gasteiger partial charge in [-0.05, 0) is 24.6 Å². The molecule has 0 radical (unpaired) electrons. The van der Waals surface area contributed by atoms with Crippen molar-refractivity contribution in [1.82, 2.24) is 14.9 Å². The van der Waals surface area contributed by atoms with Gasteiger partial charge >= 0.3 is 0 Å². The highest BCUT2D eigenvalue weighted by Gasteiger charge is 2.33. The largest absolute Gasteiger partial charge is 0.506 e. The van der Waals surface area contributed by atoms with Crippen LogP contribution in [0.1, 0.15) is 16.1 Å². The van der Waals surface area contributed by atoms with Crippen LogP contribution in [0.4, 0.5) is 15.9 Å². The molecule has 0 spiro atoms. The molecule has 1 N–H and O–H groups in total. The van der Waals surface area contributed by atoms with E-state index in [2.05, 4.69) is 16.5 Å². The van der Waals surface area contributed by atoms with Gasteiger partial charge in [-0.15, -0.1) is 0 Å². The van der Waals surface area contributed by atoms with Crippen molar-refractivity contribution in [2.75, 3.05) is 42.5 Å². The second-order valence-electron chi connectivity index (χ2n) is 6.86. The Kier molecular flexibility index (Phi) is 4.87. The second kappa shape index (κ2) is 7.50. The number of halogens is 1. The number of rotatable bonds is 3. The first kappa shape index (κ1) is 18.9. The fraction of sp³-hybridized carbons (Fsp3) is 0.300. The minimum atomic E-state index is -0.668. The molecule has 29 heavy (non-hydrogen) atoms. The number of anilines is 2. The highest BCUT2D eigenvalue weighted by Crippen LogP contribution is 2.35. The lowest BCUT2D eigenvalue weighted by Gasteiger charge is -2.37. The number of fused-ring (bicyclic) bond motifs is 1. The third-order valence-electron chi connectivity index (χ3n) is 5.26. The molecule has 0 aliphatic carbocycles. The minimum Gasteiger partial charge on any atom is -0.506 e. The lowest BCUT2D eigenvalue weighted by atomic mass is 10.0. The number of piperazine rings is 1. The van der Waals surface area contributed by atoms with Crippen LogP contribution >= 0.6 is 0 Å². The second-order valence-corrected chi connectivity index (χ2v) is 6.86. The number of carbonyl (C=O) groups excluding carboxylic acids is 2. The van der Waals surface area contributed by atoms with E-state index < -0.39 is 11.7 Å². The van der Waals surface area contributed by atoms with Crippen molar-refractivity contribution in [3.05, 3.63) is 54.3 Å². The van der Waals surface area contributed by atoms with Gasteiger partial charge in [0, 0.05) is 38.3 Å². The summed E-state index contributed by atoms with van der Waals surface area (Å²) in [4.78, 5) is 38.2. The van der Waals surface area contributed by atoms with Crippen LogP contribution in [0.3, 0.4) is 0 Å². The van der Waals surface area contributed by atoms with E-state index >= 15 is 0 Å². The molecule has 2 aliphatic rings. The number of aromatic nitrogens is 2. The Balaban J connectivity index is 1.61. The number of aromatic hydroxyl groups is 1. The fourth-order valence-electron chi connectivity index (χ4n) is 3.80. The summed E-state index contributed by atoms with van der Waals surface area (Å²) >= 11 is 0. The predicted molar refractivity (Wildman–Crippen MR) is 104 cm³/mol. The number of para-hydroxylation sites is 1. The summed E-state index contributed by atoms with van der Waals surface area (Å²) in [5.74, 6) is -0.884. The van der Waals surface area contributed by atoms with Crippen molar-refractivity contribution in [2.24, 2.45) is 0 Å². The number of nitrogens with zero attached hydrogens (tertiary/aromatic N) is 5. The van der Waals surface area contributed by atoms with E-state index in [1.54, 1.807) is 4.90 Å². The molecule has 3 heterocycles. The summed E-state index contributed by atoms with van der Waals surface area (Å²) in [7, 11) is 0. The van der Waals surface area contributed by atoms with Gasteiger partial charge in [0.2, 0.25) is 5.91 Å². The first-order valence-electron chi connectivity index (χ1n) is 9.30. The maximum absolute atomic E-state index is 14.3. The molecule has 0 bridgehead atoms. The molecule has 1 saturated heterocycles. The van der Waals surface area contributed by atoms with Crippen LogP contribution in [0.15, 0.2) is 37.2 Å². The summed E-state index contributed by atoms with van der Waals surface area (Å²) in [6, 6.07) is 3.93. The van der Waals surface area contributed by atoms with Gasteiger partial charge in [-0.25, -0.2) is 14.4 Å². The van der Waals surface area contributed by atoms with Gasteiger partial charge in [-0.3, -0.25) is 9.59 Å². The van der Waals surface area contributed by atoms with Crippen LogP contribution in [0.5, 0.6) is 5.75 Å². The van der Waals surface area contributed by atoms with Gasteiger partial charge in [-0.1, -0.05) is 12.6 Å². The topological polar surface area (TPSA) is 89.9 Å². The van der Waals surface area contributed by atoms with E-state index in [0.29, 0.717) is 44.0 Å². The van der Waals surface area contributed by atoms with Crippen molar-refractivity contribution in [1.29, 1.82) is 0 Å². The van der Waals surface area contributed by atoms with Crippen LogP contribution in [0, 0.1) is 5.82 Å². The highest BCUT2D eigenvalue weighted by molar-refractivity contribution is 6.08. The summed E-state index contributed by atoms with van der Waals surface area (Å²) in [6.45, 7) is 5.94. The molecule has 0 saturated carbocycles. The molecule has 1 aromatic heterocycles. The van der Waals surface area contributed by atoms with Gasteiger partial charge in [0.05, 0.1) is 0 Å². The normalized spacial score (nSPS) is 16.6. The van der Waals surface area contributed by atoms with E-state index in [4.69, 9.17) is 0 Å². The maximum atomic E-state index is 14.3. The molecule has 0 atom stereocenters. The van der Waals surface area contributed by atoms with Crippen LogP contribution < -0.4 is 9.80 Å². The Morgan fingerprint density at radius 1 is 1.17 bits per heavy atom. The summed E-state index contributed by atoms with van der Waals surface area (Å²) in [5, 5.41) is 10.0. The molecule has 2 aromatic rings. The van der Waals surface area contributed by atoms with Crippen LogP contribution in [-0.4, -0.2) is 64.5 Å². The average Bonchev–Trinajstić information content (AvgIpc) is 2.74. The number of phenolic OH excluding ortho intramolecular Hbond substituents is 1. The number of amides is 2. The average molecular weight is 397 g/mol. The smallest absolute Gasteiger partial charge is 0.277 e. The van der Waals surface area contributed by atoms with E-state index in [-0.39, 0.29) is 29.6 Å². The third kappa shape index (κ3) is 3.28. The van der Waals surface area contributed by atoms with Crippen LogP contribution in [0.2, 0.25) is 0 Å². The summed E-state index contributed by atoms with van der Waals surface area (Å²) in [6.07, 6.45) is 3.04. The highest BCUT2D eigenvalue weighted by atomic mass is 19.1. The lowest BCUT2D eigenvalue weighted by molar-refractivity contribution is -0.126. The molecule has 1 aromatic carbocycles. The summed E-state index contributed by atoms with van der Waals surface area (Å²) < 4.78 is 14.3. The number of hydrogen-bond donors (Lipinski definition) is 1. The first-order valence-corrected chi connectivity index (χ1v) is 9.30. The zero-order valence-corrected chi connectivity index (χ0v) is 15.7. The van der Waals surface area contributed by atoms with Gasteiger partial charge in [0.15, 0.2) is 5.82 Å². The van der Waals surface area contributed by atoms with Gasteiger partial charge < -0.3 is 19.8 Å². The van der Waals surface area contributed by atoms with Crippen molar-refractivity contribution in [2.45, 2.75) is 6.42 Å². The predicted octanol–water partition coefficient (Wildman–Crippen LogP) is 1.36. The SMILES string of the molecule is C=CC(=O)N1CCN(c2ncnc3c2CCN(c2c(O)cccc2F)C3=O)CC1. The molecule has 2 amide bonds. The molecular formula is C20H20FN5O3. The standard InChI is InChI=1S/C20H20FN5O3/c1-2-16(28)24-8-10-25(11-9-24)19-13-6-7-26(20(29)17(13)22-12-23-19)18-14(21)4-3-5-15(18)27/h2-5,12,27H,1,6-11H2. The Bertz CT molecular complexity index is 968.